The van der Waals surface area contributed by atoms with Crippen LogP contribution in [-0.2, 0) is 18.8 Å². The van der Waals surface area contributed by atoms with Crippen molar-refractivity contribution >= 4 is 28.1 Å². The summed E-state index contributed by atoms with van der Waals surface area (Å²) in [5.41, 5.74) is 0.0553. The molecular formula is C25H29N7O5. The van der Waals surface area contributed by atoms with Gasteiger partial charge in [-0.1, -0.05) is 0 Å². The van der Waals surface area contributed by atoms with Crippen molar-refractivity contribution in [1.82, 2.24) is 33.6 Å². The fraction of sp³-hybridized carbons (Fsp3) is 0.480. The van der Waals surface area contributed by atoms with Crippen LogP contribution < -0.4 is 11.2 Å². The molecule has 0 unspecified atom stereocenters. The molecular weight excluding hydrogens is 478 g/mol. The Morgan fingerprint density at radius 3 is 2.65 bits per heavy atom. The minimum atomic E-state index is -1.20. The molecule has 2 aliphatic rings. The van der Waals surface area contributed by atoms with Gasteiger partial charge < -0.3 is 24.3 Å². The second-order valence-electron chi connectivity index (χ2n) is 10.5. The highest BCUT2D eigenvalue weighted by Gasteiger charge is 2.50. The normalized spacial score (nSPS) is 23.8. The molecule has 2 atom stereocenters. The zero-order chi connectivity index (χ0) is 26.1. The Labute approximate surface area is 211 Å². The van der Waals surface area contributed by atoms with Crippen molar-refractivity contribution in [3.8, 4) is 0 Å². The molecule has 1 aromatic carbocycles. The highest BCUT2D eigenvalue weighted by molar-refractivity contribution is 5.97. The SMILES string of the molecule is Cn1c(=O)c2c(ncn2[C@@H]2COC3(CCN(C(=O)c4ccc5nc[nH]c5c4)CC3)C[C@@]2(C)O)n(C)c1=O. The van der Waals surface area contributed by atoms with Crippen LogP contribution in [0.5, 0.6) is 0 Å². The number of likely N-dealkylation sites (tertiary alicyclic amines) is 1. The summed E-state index contributed by atoms with van der Waals surface area (Å²) in [5, 5.41) is 11.6. The summed E-state index contributed by atoms with van der Waals surface area (Å²) in [6, 6.07) is 4.88. The fourth-order valence-corrected chi connectivity index (χ4v) is 5.93. The van der Waals surface area contributed by atoms with Gasteiger partial charge in [0.15, 0.2) is 11.2 Å². The van der Waals surface area contributed by atoms with Crippen molar-refractivity contribution in [3.63, 3.8) is 0 Å². The minimum absolute atomic E-state index is 0.0434. The molecule has 4 aromatic rings. The van der Waals surface area contributed by atoms with Crippen LogP contribution in [0.2, 0.25) is 0 Å². The molecule has 0 radical (unpaired) electrons. The van der Waals surface area contributed by atoms with E-state index in [1.165, 1.54) is 17.9 Å². The van der Waals surface area contributed by atoms with Gasteiger partial charge in [0.1, 0.15) is 0 Å². The lowest BCUT2D eigenvalue weighted by Gasteiger charge is -2.51. The van der Waals surface area contributed by atoms with Crippen LogP contribution in [0.4, 0.5) is 0 Å². The predicted octanol–water partition coefficient (Wildman–Crippen LogP) is 0.697. The molecule has 1 spiro atoms. The van der Waals surface area contributed by atoms with Gasteiger partial charge in [0.2, 0.25) is 0 Å². The van der Waals surface area contributed by atoms with Crippen LogP contribution in [0.1, 0.15) is 42.6 Å². The van der Waals surface area contributed by atoms with E-state index in [-0.39, 0.29) is 23.7 Å². The Kier molecular flexibility index (Phi) is 5.18. The van der Waals surface area contributed by atoms with Crippen molar-refractivity contribution in [2.75, 3.05) is 19.7 Å². The van der Waals surface area contributed by atoms with E-state index >= 15 is 0 Å². The number of fused-ring (bicyclic) bond motifs is 2. The highest BCUT2D eigenvalue weighted by atomic mass is 16.5. The number of nitrogens with zero attached hydrogens (tertiary/aromatic N) is 6. The van der Waals surface area contributed by atoms with E-state index in [0.717, 1.165) is 15.6 Å². The molecule has 12 nitrogen and oxygen atoms in total. The number of hydrogen-bond acceptors (Lipinski definition) is 7. The zero-order valence-electron chi connectivity index (χ0n) is 21.0. The van der Waals surface area contributed by atoms with Gasteiger partial charge in [-0.2, -0.15) is 0 Å². The molecule has 6 rings (SSSR count). The van der Waals surface area contributed by atoms with Crippen molar-refractivity contribution in [2.24, 2.45) is 14.1 Å². The first-order valence-electron chi connectivity index (χ1n) is 12.3. The lowest BCUT2D eigenvalue weighted by atomic mass is 9.75. The number of hydrogen-bond donors (Lipinski definition) is 2. The van der Waals surface area contributed by atoms with E-state index < -0.39 is 28.5 Å². The smallest absolute Gasteiger partial charge is 0.332 e. The van der Waals surface area contributed by atoms with E-state index in [9.17, 15) is 19.5 Å². The summed E-state index contributed by atoms with van der Waals surface area (Å²) in [7, 11) is 2.99. The zero-order valence-corrected chi connectivity index (χ0v) is 21.0. The van der Waals surface area contributed by atoms with Crippen LogP contribution in [0.25, 0.3) is 22.2 Å². The number of aliphatic hydroxyl groups is 1. The molecule has 2 saturated heterocycles. The van der Waals surface area contributed by atoms with Crippen molar-refractivity contribution in [3.05, 3.63) is 57.3 Å². The molecule has 5 heterocycles. The Bertz CT molecular complexity index is 1650. The summed E-state index contributed by atoms with van der Waals surface area (Å²) in [5.74, 6) is -0.0434. The Balaban J connectivity index is 1.21. The number of carbonyl (C=O) groups is 1. The number of aromatic amines is 1. The molecule has 0 bridgehead atoms. The van der Waals surface area contributed by atoms with Gasteiger partial charge in [-0.15, -0.1) is 0 Å². The highest BCUT2D eigenvalue weighted by Crippen LogP contribution is 2.44. The predicted molar refractivity (Wildman–Crippen MR) is 134 cm³/mol. The summed E-state index contributed by atoms with van der Waals surface area (Å²) in [6.07, 6.45) is 4.63. The summed E-state index contributed by atoms with van der Waals surface area (Å²) in [6.45, 7) is 2.95. The number of imidazole rings is 2. The molecule has 0 aliphatic carbocycles. The number of carbonyl (C=O) groups excluding carboxylic acids is 1. The number of aromatic nitrogens is 6. The maximum Gasteiger partial charge on any atom is 0.332 e. The van der Waals surface area contributed by atoms with Crippen LogP contribution in [0.15, 0.2) is 40.4 Å². The van der Waals surface area contributed by atoms with E-state index in [1.54, 1.807) is 30.9 Å². The molecule has 12 heteroatoms. The molecule has 2 N–H and O–H groups in total. The summed E-state index contributed by atoms with van der Waals surface area (Å²) >= 11 is 0. The number of rotatable bonds is 2. The third-order valence-electron chi connectivity index (χ3n) is 8.08. The minimum Gasteiger partial charge on any atom is -0.388 e. The van der Waals surface area contributed by atoms with Crippen molar-refractivity contribution in [1.29, 1.82) is 0 Å². The van der Waals surface area contributed by atoms with Crippen LogP contribution in [-0.4, -0.2) is 75.5 Å². The van der Waals surface area contributed by atoms with Crippen molar-refractivity contribution < 1.29 is 14.6 Å². The van der Waals surface area contributed by atoms with Crippen molar-refractivity contribution in [2.45, 2.75) is 43.4 Å². The lowest BCUT2D eigenvalue weighted by Crippen LogP contribution is -2.58. The van der Waals surface area contributed by atoms with Crippen LogP contribution in [0.3, 0.4) is 0 Å². The number of amides is 1. The first-order chi connectivity index (χ1) is 17.6. The van der Waals surface area contributed by atoms with Gasteiger partial charge in [-0.05, 0) is 38.0 Å². The molecule has 37 heavy (non-hydrogen) atoms. The number of H-pyrrole nitrogens is 1. The molecule has 0 saturated carbocycles. The Morgan fingerprint density at radius 1 is 1.16 bits per heavy atom. The quantitative estimate of drug-likeness (QED) is 0.407. The molecule has 3 aromatic heterocycles. The first kappa shape index (κ1) is 23.6. The van der Waals surface area contributed by atoms with Crippen LogP contribution in [0, 0.1) is 0 Å². The van der Waals surface area contributed by atoms with E-state index in [0.29, 0.717) is 37.9 Å². The molecule has 194 valence electrons. The molecule has 2 fully saturated rings. The average molecular weight is 508 g/mol. The second kappa shape index (κ2) is 8.12. The second-order valence-corrected chi connectivity index (χ2v) is 10.5. The monoisotopic (exact) mass is 507 g/mol. The Hall–Kier alpha value is -3.77. The third kappa shape index (κ3) is 3.62. The van der Waals surface area contributed by atoms with Gasteiger partial charge in [-0.3, -0.25) is 18.7 Å². The van der Waals surface area contributed by atoms with Gasteiger partial charge in [0, 0.05) is 39.2 Å². The van der Waals surface area contributed by atoms with E-state index in [2.05, 4.69) is 15.0 Å². The maximum absolute atomic E-state index is 13.1. The van der Waals surface area contributed by atoms with E-state index in [4.69, 9.17) is 4.74 Å². The number of piperidine rings is 1. The molecule has 2 aliphatic heterocycles. The van der Waals surface area contributed by atoms with Gasteiger partial charge in [0.25, 0.3) is 11.5 Å². The number of ether oxygens (including phenoxy) is 1. The third-order valence-corrected chi connectivity index (χ3v) is 8.08. The van der Waals surface area contributed by atoms with Gasteiger partial charge in [-0.25, -0.2) is 14.8 Å². The van der Waals surface area contributed by atoms with Gasteiger partial charge in [0.05, 0.1) is 47.5 Å². The topological polar surface area (TPSA) is 140 Å². The Morgan fingerprint density at radius 2 is 1.92 bits per heavy atom. The standard InChI is InChI=1S/C25H29N7O5/c1-24(36)12-25(6-8-31(9-7-25)21(33)15-4-5-16-17(10-15)27-13-26-16)37-11-18(24)32-14-28-20-19(32)22(34)30(3)23(35)29(20)2/h4-5,10,13-14,18,36H,6-9,11-12H2,1-3H3,(H,26,27)/t18-,24-/m1/s1. The largest absolute Gasteiger partial charge is 0.388 e. The summed E-state index contributed by atoms with van der Waals surface area (Å²) < 4.78 is 10.4. The average Bonchev–Trinajstić information content (AvgIpc) is 3.53. The van der Waals surface area contributed by atoms with Gasteiger partial charge >= 0.3 is 5.69 Å². The summed E-state index contributed by atoms with van der Waals surface area (Å²) in [4.78, 5) is 51.7. The number of nitrogens with one attached hydrogen (secondary N) is 1. The van der Waals surface area contributed by atoms with Crippen LogP contribution >= 0.6 is 0 Å². The first-order valence-corrected chi connectivity index (χ1v) is 12.3. The number of benzene rings is 1. The maximum atomic E-state index is 13.1. The number of aryl methyl sites for hydroxylation is 1. The molecule has 1 amide bonds. The van der Waals surface area contributed by atoms with E-state index in [1.807, 2.05) is 17.0 Å². The lowest BCUT2D eigenvalue weighted by molar-refractivity contribution is -0.194. The fourth-order valence-electron chi connectivity index (χ4n) is 5.93.